The molecule has 0 saturated carbocycles. The fraction of sp³-hybridized carbons (Fsp3) is 0.136. The van der Waals surface area contributed by atoms with Crippen LogP contribution in [0.15, 0.2) is 134 Å². The van der Waals surface area contributed by atoms with Crippen molar-refractivity contribution in [1.29, 1.82) is 0 Å². The molecule has 268 valence electrons. The molecule has 8 heteroatoms. The van der Waals surface area contributed by atoms with Gasteiger partial charge in [0.15, 0.2) is 0 Å². The van der Waals surface area contributed by atoms with E-state index >= 15 is 0 Å². The van der Waals surface area contributed by atoms with Crippen LogP contribution in [0.1, 0.15) is 0 Å². The Bertz CT molecular complexity index is 2210. The second-order valence-electron chi connectivity index (χ2n) is 14.4. The van der Waals surface area contributed by atoms with E-state index in [1.165, 1.54) is 88.3 Å². The van der Waals surface area contributed by atoms with Crippen LogP contribution in [0, 0.1) is 14.9 Å². The Morgan fingerprint density at radius 1 is 0.481 bits per heavy atom. The number of fused-ring (bicyclic) bond motifs is 4. The Morgan fingerprint density at radius 2 is 0.808 bits per heavy atom. The van der Waals surface area contributed by atoms with Crippen molar-refractivity contribution < 1.29 is 23.3 Å². The van der Waals surface area contributed by atoms with E-state index < -0.39 is 16.1 Å². The normalized spacial score (nSPS) is 10.8. The van der Waals surface area contributed by atoms with E-state index in [0.717, 1.165) is 11.0 Å². The van der Waals surface area contributed by atoms with Gasteiger partial charge in [0.1, 0.15) is 0 Å². The molecule has 2 aromatic heterocycles. The number of benzene rings is 4. The molecule has 0 spiro atoms. The van der Waals surface area contributed by atoms with Crippen molar-refractivity contribution in [2.75, 3.05) is 0 Å². The summed E-state index contributed by atoms with van der Waals surface area (Å²) in [5, 5.41) is 10.8. The molecule has 8 rings (SSSR count). The van der Waals surface area contributed by atoms with Crippen LogP contribution in [0.3, 0.4) is 0 Å². The number of hydrogen-bond acceptors (Lipinski definition) is 2. The van der Waals surface area contributed by atoms with Crippen molar-refractivity contribution in [1.82, 2.24) is 9.97 Å². The Balaban J connectivity index is 0.000000320. The molecule has 2 heterocycles. The third-order valence-electron chi connectivity index (χ3n) is 9.08. The average Bonchev–Trinajstić information content (AvgIpc) is 3.75. The van der Waals surface area contributed by atoms with E-state index in [4.69, 9.17) is 0 Å². The predicted molar refractivity (Wildman–Crippen MR) is 240 cm³/mol. The zero-order chi connectivity index (χ0) is 34.1. The third-order valence-corrected chi connectivity index (χ3v) is 13.1. The molecule has 0 aliphatic carbocycles. The molecule has 0 aliphatic heterocycles. The molecule has 0 unspecified atom stereocenters. The summed E-state index contributed by atoms with van der Waals surface area (Å²) in [5.74, 6) is 0. The van der Waals surface area contributed by atoms with Gasteiger partial charge in [-0.3, -0.25) is 9.97 Å². The first kappa shape index (κ1) is 45.2. The van der Waals surface area contributed by atoms with Crippen molar-refractivity contribution in [2.45, 2.75) is 39.3 Å². The van der Waals surface area contributed by atoms with Crippen LogP contribution >= 0.6 is 24.8 Å². The van der Waals surface area contributed by atoms with Gasteiger partial charge in [-0.25, -0.2) is 0 Å². The summed E-state index contributed by atoms with van der Waals surface area (Å²) < 4.78 is 0. The van der Waals surface area contributed by atoms with Crippen LogP contribution in [0.25, 0.3) is 65.6 Å². The van der Waals surface area contributed by atoms with Gasteiger partial charge in [-0.2, -0.15) is 12.1 Å². The molecule has 0 aliphatic rings. The zero-order valence-corrected chi connectivity index (χ0v) is 38.5. The number of nitrogens with zero attached hydrogens (tertiary/aromatic N) is 2. The molecule has 8 aromatic rings. The van der Waals surface area contributed by atoms with Crippen molar-refractivity contribution in [3.05, 3.63) is 149 Å². The zero-order valence-electron chi connectivity index (χ0n) is 31.4. The van der Waals surface area contributed by atoms with E-state index in [1.807, 2.05) is 24.5 Å². The Labute approximate surface area is 342 Å². The summed E-state index contributed by atoms with van der Waals surface area (Å²) in [6, 6.07) is 43.9. The van der Waals surface area contributed by atoms with Crippen LogP contribution < -0.4 is 10.4 Å². The number of para-hydroxylation sites is 2. The summed E-state index contributed by atoms with van der Waals surface area (Å²) in [4.78, 5) is 9.26. The molecular weight excluding hydrogens is 803 g/mol. The minimum atomic E-state index is -1.31. The van der Waals surface area contributed by atoms with E-state index in [-0.39, 0.29) is 39.7 Å². The van der Waals surface area contributed by atoms with Crippen molar-refractivity contribution >= 4 is 102 Å². The number of pyridine rings is 2. The van der Waals surface area contributed by atoms with Gasteiger partial charge in [0.05, 0.1) is 27.2 Å². The minimum absolute atomic E-state index is 0. The average molecular weight is 851 g/mol. The second-order valence-corrected chi connectivity index (χ2v) is 24.5. The van der Waals surface area contributed by atoms with Gasteiger partial charge >= 0.3 is 30.2 Å². The van der Waals surface area contributed by atoms with Gasteiger partial charge in [0.2, 0.25) is 0 Å². The molecule has 6 aromatic carbocycles. The van der Waals surface area contributed by atoms with Gasteiger partial charge in [-0.05, 0) is 23.3 Å². The number of rotatable bonds is 4. The first-order valence-electron chi connectivity index (χ1n) is 16.4. The Hall–Kier alpha value is -2.97. The molecule has 52 heavy (non-hydrogen) atoms. The summed E-state index contributed by atoms with van der Waals surface area (Å²) in [7, 11) is -2.62. The van der Waals surface area contributed by atoms with Gasteiger partial charge in [-0.1, -0.05) is 111 Å². The molecule has 0 bridgehead atoms. The third kappa shape index (κ3) is 9.39. The maximum atomic E-state index is 4.63. The Kier molecular flexibility index (Phi) is 16.4. The summed E-state index contributed by atoms with van der Waals surface area (Å²) in [6.07, 6.45) is 3.76. The first-order chi connectivity index (χ1) is 23.1. The van der Waals surface area contributed by atoms with E-state index in [0.29, 0.717) is 0 Å². The quantitative estimate of drug-likeness (QED) is 0.130. The van der Waals surface area contributed by atoms with Crippen LogP contribution in [0.2, 0.25) is 39.3 Å². The van der Waals surface area contributed by atoms with E-state index in [2.05, 4.69) is 165 Å². The topological polar surface area (TPSA) is 25.8 Å². The fourth-order valence-electron chi connectivity index (χ4n) is 6.45. The molecule has 0 amide bonds. The van der Waals surface area contributed by atoms with Gasteiger partial charge in [0, 0.05) is 23.2 Å². The van der Waals surface area contributed by atoms with E-state index in [1.54, 1.807) is 0 Å². The van der Waals surface area contributed by atoms with Crippen LogP contribution in [-0.2, 0) is 23.3 Å². The standard InChI is InChI=1S/2C21H20NSi.2CH3.2ClH.Si.Zr/c2*1-23(2,3)17-13-16-8-5-10-18(20(16)14-17)19-11-4-7-15-9-6-12-22-21(15)19;;;;;;/h2*4-14H,1-3H3;2*1H3;2*1H;;/q4*-1;;;;. The number of hydrogen-bond donors (Lipinski definition) is 0. The summed E-state index contributed by atoms with van der Waals surface area (Å²) in [6.45, 7) is 17.5. The first-order valence-corrected chi connectivity index (χ1v) is 27.6. The monoisotopic (exact) mass is 848 g/mol. The summed E-state index contributed by atoms with van der Waals surface area (Å²) >= 11 is 1.36. The van der Waals surface area contributed by atoms with Gasteiger partial charge in [0.25, 0.3) is 0 Å². The molecule has 2 nitrogen and oxygen atoms in total. The molecule has 0 atom stereocenters. The second kappa shape index (κ2) is 18.9. The number of halogens is 2. The predicted octanol–water partition coefficient (Wildman–Crippen LogP) is 12.0. The molecule has 0 saturated heterocycles. The Morgan fingerprint density at radius 3 is 1.17 bits per heavy atom. The number of aromatic nitrogens is 2. The van der Waals surface area contributed by atoms with Crippen LogP contribution in [0.5, 0.6) is 0 Å². The fourth-order valence-corrected chi connectivity index (χ4v) is 8.78. The van der Waals surface area contributed by atoms with Crippen molar-refractivity contribution in [3.63, 3.8) is 0 Å². The maximum absolute atomic E-state index is 4.63. The molecular formula is C44H48Cl2N2Si3Zr-4. The van der Waals surface area contributed by atoms with Crippen LogP contribution in [0.4, 0.5) is 0 Å². The molecule has 0 N–H and O–H groups in total. The SMILES string of the molecule is C[Si](C)(C)c1cc2c(-c3cccc4cccnc34)cccc2[cH-]1.C[Si](C)(C)c1cc2c(-c3cccc4cccnc34)cccc2[cH-]1.Cl.Cl.[CH3-].[CH3-].[Si]=[Zr]. The molecule has 0 fully saturated rings. The van der Waals surface area contributed by atoms with Crippen molar-refractivity contribution in [3.8, 4) is 22.3 Å². The summed E-state index contributed by atoms with van der Waals surface area (Å²) in [5.41, 5.74) is 7.19. The van der Waals surface area contributed by atoms with Crippen molar-refractivity contribution in [2.24, 2.45) is 0 Å². The van der Waals surface area contributed by atoms with Crippen LogP contribution in [-0.4, -0.2) is 33.0 Å². The molecule has 2 radical (unpaired) electrons. The van der Waals surface area contributed by atoms with Gasteiger partial charge < -0.3 is 14.9 Å². The van der Waals surface area contributed by atoms with Gasteiger partial charge in [-0.15, -0.1) is 93.1 Å². The van der Waals surface area contributed by atoms with E-state index in [9.17, 15) is 0 Å².